The number of sulfone groups is 1. The van der Waals surface area contributed by atoms with Crippen molar-refractivity contribution in [2.45, 2.75) is 19.5 Å². The lowest BCUT2D eigenvalue weighted by molar-refractivity contribution is 0.310. The van der Waals surface area contributed by atoms with E-state index in [1.807, 2.05) is 6.92 Å². The Hall–Kier alpha value is -3.18. The van der Waals surface area contributed by atoms with E-state index in [4.69, 9.17) is 9.47 Å². The van der Waals surface area contributed by atoms with E-state index in [-0.39, 0.29) is 17.9 Å². The highest BCUT2D eigenvalue weighted by Crippen LogP contribution is 2.33. The molecule has 4 rings (SSSR count). The number of halogens is 2. The van der Waals surface area contributed by atoms with E-state index in [9.17, 15) is 17.6 Å². The Morgan fingerprint density at radius 3 is 2.56 bits per heavy atom. The lowest BCUT2D eigenvalue weighted by Gasteiger charge is -2.20. The summed E-state index contributed by atoms with van der Waals surface area (Å²) in [7, 11) is -2.04. The van der Waals surface area contributed by atoms with E-state index in [2.05, 4.69) is 20.9 Å². The summed E-state index contributed by atoms with van der Waals surface area (Å²) in [6.07, 6.45) is 2.64. The maximum atomic E-state index is 14.5. The van der Waals surface area contributed by atoms with Crippen LogP contribution < -0.4 is 15.2 Å². The summed E-state index contributed by atoms with van der Waals surface area (Å²) in [5.41, 5.74) is 1.06. The van der Waals surface area contributed by atoms with Crippen molar-refractivity contribution in [2.75, 3.05) is 25.7 Å². The van der Waals surface area contributed by atoms with Gasteiger partial charge in [-0.15, -0.1) is 0 Å². The summed E-state index contributed by atoms with van der Waals surface area (Å²) in [6.45, 7) is 2.14. The van der Waals surface area contributed by atoms with Gasteiger partial charge in [0.05, 0.1) is 37.6 Å². The monoisotopic (exact) mass is 577 g/mol. The van der Waals surface area contributed by atoms with Gasteiger partial charge in [0.2, 0.25) is 0 Å². The van der Waals surface area contributed by atoms with Gasteiger partial charge in [-0.3, -0.25) is 9.13 Å². The molecule has 11 heteroatoms. The Morgan fingerprint density at radius 2 is 1.89 bits per heavy atom. The Bertz CT molecular complexity index is 1580. The quantitative estimate of drug-likeness (QED) is 0.296. The maximum Gasteiger partial charge on any atom is 0.331 e. The average molecular weight is 578 g/mol. The average Bonchev–Trinajstić information content (AvgIpc) is 3.09. The maximum absolute atomic E-state index is 14.5. The number of imidazole rings is 1. The van der Waals surface area contributed by atoms with E-state index in [1.54, 1.807) is 42.5 Å². The number of hydrogen-bond acceptors (Lipinski definition) is 6. The third-order valence-electron chi connectivity index (χ3n) is 5.70. The minimum atomic E-state index is -3.55. The molecule has 1 atom stereocenters. The van der Waals surface area contributed by atoms with Gasteiger partial charge in [0.25, 0.3) is 0 Å². The third-order valence-corrected chi connectivity index (χ3v) is 7.06. The third kappa shape index (κ3) is 5.31. The number of hydrogen-bond donors (Lipinski definition) is 0. The first-order valence-electron chi connectivity index (χ1n) is 11.1. The van der Waals surface area contributed by atoms with Gasteiger partial charge in [0, 0.05) is 22.5 Å². The van der Waals surface area contributed by atoms with E-state index in [0.717, 1.165) is 6.26 Å². The fraction of sp³-hybridized carbons (Fsp3) is 0.280. The van der Waals surface area contributed by atoms with Crippen molar-refractivity contribution in [2.24, 2.45) is 0 Å². The molecule has 2 heterocycles. The molecule has 0 bridgehead atoms. The van der Waals surface area contributed by atoms with Crippen molar-refractivity contribution in [3.63, 3.8) is 0 Å². The van der Waals surface area contributed by atoms with Crippen LogP contribution in [-0.2, 0) is 16.4 Å². The molecule has 190 valence electrons. The van der Waals surface area contributed by atoms with Gasteiger partial charge < -0.3 is 9.47 Å². The topological polar surface area (TPSA) is 92.4 Å². The fourth-order valence-corrected chi connectivity index (χ4v) is 5.37. The van der Waals surface area contributed by atoms with Crippen LogP contribution in [0.4, 0.5) is 4.39 Å². The molecule has 0 aliphatic carbocycles. The predicted octanol–water partition coefficient (Wildman–Crippen LogP) is 4.19. The summed E-state index contributed by atoms with van der Waals surface area (Å²) in [5, 5.41) is 0. The lowest BCUT2D eigenvalue weighted by Crippen LogP contribution is -2.32. The number of fused-ring (bicyclic) bond motifs is 1. The minimum Gasteiger partial charge on any atom is -0.493 e. The van der Waals surface area contributed by atoms with Crippen molar-refractivity contribution in [1.82, 2.24) is 14.1 Å². The summed E-state index contributed by atoms with van der Waals surface area (Å²) in [4.78, 5) is 18.3. The second-order valence-electron chi connectivity index (χ2n) is 8.28. The summed E-state index contributed by atoms with van der Waals surface area (Å²) in [6, 6.07) is 12.0. The molecule has 0 N–H and O–H groups in total. The highest BCUT2D eigenvalue weighted by atomic mass is 79.9. The van der Waals surface area contributed by atoms with Gasteiger partial charge in [0.15, 0.2) is 17.1 Å². The van der Waals surface area contributed by atoms with E-state index < -0.39 is 27.4 Å². The van der Waals surface area contributed by atoms with Crippen LogP contribution in [0.2, 0.25) is 0 Å². The van der Waals surface area contributed by atoms with Crippen molar-refractivity contribution >= 4 is 36.9 Å². The number of pyridine rings is 1. The largest absolute Gasteiger partial charge is 0.493 e. The van der Waals surface area contributed by atoms with Gasteiger partial charge in [-0.05, 0) is 52.7 Å². The Balaban J connectivity index is 1.98. The molecule has 8 nitrogen and oxygen atoms in total. The molecule has 2 aromatic heterocycles. The van der Waals surface area contributed by atoms with E-state index >= 15 is 0 Å². The van der Waals surface area contributed by atoms with Crippen LogP contribution >= 0.6 is 15.9 Å². The SMILES string of the molecule is CCOc1cc(C(CS(C)(=O)=O)n2c(=O)n(Cc3ccccc3F)c3cc(Br)cnc32)ccc1OC. The van der Waals surface area contributed by atoms with Gasteiger partial charge in [0.1, 0.15) is 15.7 Å². The Labute approximate surface area is 216 Å². The van der Waals surface area contributed by atoms with Crippen LogP contribution in [0, 0.1) is 5.82 Å². The molecule has 1 unspecified atom stereocenters. The molecule has 4 aromatic rings. The standard InChI is InChI=1S/C25H25BrFN3O5S/c1-4-35-23-11-16(9-10-22(23)34-2)21(15-36(3,32)33)30-24-20(12-18(26)13-28-24)29(25(30)31)14-17-7-5-6-8-19(17)27/h5-13,21H,4,14-15H2,1-3H3. The zero-order valence-corrected chi connectivity index (χ0v) is 22.3. The van der Waals surface area contributed by atoms with Gasteiger partial charge in [-0.1, -0.05) is 24.3 Å². The highest BCUT2D eigenvalue weighted by Gasteiger charge is 2.27. The molecule has 36 heavy (non-hydrogen) atoms. The van der Waals surface area contributed by atoms with E-state index in [0.29, 0.717) is 39.2 Å². The van der Waals surface area contributed by atoms with Gasteiger partial charge >= 0.3 is 5.69 Å². The zero-order chi connectivity index (χ0) is 26.0. The predicted molar refractivity (Wildman–Crippen MR) is 139 cm³/mol. The molecule has 2 aromatic carbocycles. The van der Waals surface area contributed by atoms with E-state index in [1.165, 1.54) is 28.5 Å². The molecule has 0 saturated heterocycles. The lowest BCUT2D eigenvalue weighted by atomic mass is 10.1. The first-order chi connectivity index (χ1) is 17.1. The van der Waals surface area contributed by atoms with Crippen molar-refractivity contribution in [1.29, 1.82) is 0 Å². The molecule has 0 fully saturated rings. The molecule has 0 spiro atoms. The van der Waals surface area contributed by atoms with Crippen LogP contribution in [0.15, 0.2) is 64.0 Å². The molecular formula is C25H25BrFN3O5S. The number of methoxy groups -OCH3 is 1. The van der Waals surface area contributed by atoms with Gasteiger partial charge in [-0.2, -0.15) is 0 Å². The molecule has 0 radical (unpaired) electrons. The van der Waals surface area contributed by atoms with Crippen LogP contribution in [0.3, 0.4) is 0 Å². The number of nitrogens with zero attached hydrogens (tertiary/aromatic N) is 3. The molecule has 0 aliphatic heterocycles. The summed E-state index contributed by atoms with van der Waals surface area (Å²) >= 11 is 3.39. The van der Waals surface area contributed by atoms with Gasteiger partial charge in [-0.25, -0.2) is 22.6 Å². The summed E-state index contributed by atoms with van der Waals surface area (Å²) in [5.74, 6) is 0.101. The van der Waals surface area contributed by atoms with Crippen LogP contribution in [0.1, 0.15) is 24.1 Å². The summed E-state index contributed by atoms with van der Waals surface area (Å²) < 4.78 is 53.9. The number of benzene rings is 2. The second kappa shape index (κ2) is 10.4. The smallest absolute Gasteiger partial charge is 0.331 e. The van der Waals surface area contributed by atoms with Crippen molar-refractivity contribution in [3.05, 3.63) is 86.6 Å². The normalized spacial score (nSPS) is 12.6. The van der Waals surface area contributed by atoms with Crippen LogP contribution in [0.25, 0.3) is 11.2 Å². The number of rotatable bonds is 9. The van der Waals surface area contributed by atoms with Crippen LogP contribution in [-0.4, -0.2) is 48.3 Å². The Kier molecular flexibility index (Phi) is 7.51. The highest BCUT2D eigenvalue weighted by molar-refractivity contribution is 9.10. The molecular weight excluding hydrogens is 553 g/mol. The fourth-order valence-electron chi connectivity index (χ4n) is 4.14. The minimum absolute atomic E-state index is 0.0501. The second-order valence-corrected chi connectivity index (χ2v) is 11.4. The van der Waals surface area contributed by atoms with Crippen molar-refractivity contribution < 1.29 is 22.3 Å². The molecule has 0 saturated carbocycles. The van der Waals surface area contributed by atoms with Crippen molar-refractivity contribution in [3.8, 4) is 11.5 Å². The van der Waals surface area contributed by atoms with Crippen LogP contribution in [0.5, 0.6) is 11.5 Å². The first kappa shape index (κ1) is 25.9. The molecule has 0 amide bonds. The zero-order valence-electron chi connectivity index (χ0n) is 19.9. The number of aromatic nitrogens is 3. The molecule has 0 aliphatic rings. The number of ether oxygens (including phenoxy) is 2. The first-order valence-corrected chi connectivity index (χ1v) is 14.0. The Morgan fingerprint density at radius 1 is 1.14 bits per heavy atom.